The van der Waals surface area contributed by atoms with Crippen LogP contribution < -0.4 is 14.8 Å². The molecule has 0 bridgehead atoms. The monoisotopic (exact) mass is 418 g/mol. The number of amides is 1. The van der Waals surface area contributed by atoms with E-state index in [2.05, 4.69) is 24.1 Å². The van der Waals surface area contributed by atoms with Gasteiger partial charge >= 0.3 is 0 Å². The SMILES string of the molecule is CCCCCCCC(=O)N[C@H](CN1CCCC1C)[C@H](O)c1ccc2c(c1)OCCO2. The van der Waals surface area contributed by atoms with Gasteiger partial charge < -0.3 is 19.9 Å². The van der Waals surface area contributed by atoms with E-state index in [4.69, 9.17) is 9.47 Å². The molecule has 0 radical (unpaired) electrons. The fourth-order valence-corrected chi connectivity index (χ4v) is 4.39. The summed E-state index contributed by atoms with van der Waals surface area (Å²) in [5.41, 5.74) is 0.749. The molecule has 1 amide bonds. The Morgan fingerprint density at radius 2 is 1.97 bits per heavy atom. The number of aliphatic hydroxyl groups excluding tert-OH is 1. The first-order valence-corrected chi connectivity index (χ1v) is 11.7. The summed E-state index contributed by atoms with van der Waals surface area (Å²) in [6.45, 7) is 7.12. The third-order valence-electron chi connectivity index (χ3n) is 6.26. The van der Waals surface area contributed by atoms with E-state index >= 15 is 0 Å². The van der Waals surface area contributed by atoms with Crippen LogP contribution in [0.25, 0.3) is 0 Å². The number of nitrogens with one attached hydrogen (secondary N) is 1. The Labute approximate surface area is 180 Å². The first-order valence-electron chi connectivity index (χ1n) is 11.7. The average molecular weight is 419 g/mol. The fraction of sp³-hybridized carbons (Fsp3) is 0.708. The van der Waals surface area contributed by atoms with E-state index in [9.17, 15) is 9.90 Å². The van der Waals surface area contributed by atoms with Gasteiger partial charge in [-0.2, -0.15) is 0 Å². The van der Waals surface area contributed by atoms with Crippen molar-refractivity contribution in [3.63, 3.8) is 0 Å². The van der Waals surface area contributed by atoms with Gasteiger partial charge in [0.25, 0.3) is 0 Å². The number of hydrogen-bond donors (Lipinski definition) is 2. The molecule has 1 unspecified atom stereocenters. The maximum atomic E-state index is 12.6. The molecule has 168 valence electrons. The maximum absolute atomic E-state index is 12.6. The van der Waals surface area contributed by atoms with Gasteiger partial charge in [0.05, 0.1) is 6.04 Å². The number of fused-ring (bicyclic) bond motifs is 1. The van der Waals surface area contributed by atoms with Crippen LogP contribution in [0, 0.1) is 0 Å². The van der Waals surface area contributed by atoms with E-state index in [0.717, 1.165) is 31.4 Å². The minimum absolute atomic E-state index is 0.0277. The largest absolute Gasteiger partial charge is 0.486 e. The molecule has 6 heteroatoms. The van der Waals surface area contributed by atoms with Gasteiger partial charge in [-0.3, -0.25) is 9.69 Å². The Morgan fingerprint density at radius 3 is 2.70 bits per heavy atom. The number of ether oxygens (including phenoxy) is 2. The van der Waals surface area contributed by atoms with Crippen molar-refractivity contribution in [2.75, 3.05) is 26.3 Å². The zero-order chi connectivity index (χ0) is 21.3. The zero-order valence-electron chi connectivity index (χ0n) is 18.6. The molecular weight excluding hydrogens is 380 g/mol. The Balaban J connectivity index is 1.64. The third kappa shape index (κ3) is 6.35. The van der Waals surface area contributed by atoms with Crippen molar-refractivity contribution in [1.29, 1.82) is 0 Å². The number of likely N-dealkylation sites (tertiary alicyclic amines) is 1. The Kier molecular flexibility index (Phi) is 8.82. The predicted molar refractivity (Wildman–Crippen MR) is 118 cm³/mol. The van der Waals surface area contributed by atoms with E-state index in [1.807, 2.05) is 18.2 Å². The minimum Gasteiger partial charge on any atom is -0.486 e. The summed E-state index contributed by atoms with van der Waals surface area (Å²) in [6, 6.07) is 5.69. The second-order valence-corrected chi connectivity index (χ2v) is 8.67. The molecule has 1 fully saturated rings. The van der Waals surface area contributed by atoms with Crippen molar-refractivity contribution in [1.82, 2.24) is 10.2 Å². The van der Waals surface area contributed by atoms with Gasteiger partial charge in [0.1, 0.15) is 19.3 Å². The molecule has 6 nitrogen and oxygen atoms in total. The normalized spacial score (nSPS) is 20.7. The molecule has 2 aliphatic rings. The summed E-state index contributed by atoms with van der Waals surface area (Å²) in [7, 11) is 0. The number of carbonyl (C=O) groups excluding carboxylic acids is 1. The van der Waals surface area contributed by atoms with Crippen LogP contribution in [0.15, 0.2) is 18.2 Å². The van der Waals surface area contributed by atoms with Gasteiger partial charge in [0.15, 0.2) is 11.5 Å². The van der Waals surface area contributed by atoms with Crippen LogP contribution >= 0.6 is 0 Å². The third-order valence-corrected chi connectivity index (χ3v) is 6.26. The zero-order valence-corrected chi connectivity index (χ0v) is 18.6. The summed E-state index contributed by atoms with van der Waals surface area (Å²) < 4.78 is 11.3. The van der Waals surface area contributed by atoms with E-state index in [-0.39, 0.29) is 11.9 Å². The number of unbranched alkanes of at least 4 members (excludes halogenated alkanes) is 4. The van der Waals surface area contributed by atoms with Gasteiger partial charge in [-0.25, -0.2) is 0 Å². The highest BCUT2D eigenvalue weighted by molar-refractivity contribution is 5.76. The van der Waals surface area contributed by atoms with Crippen LogP contribution in [0.3, 0.4) is 0 Å². The molecule has 3 rings (SSSR count). The number of aliphatic hydroxyl groups is 1. The molecule has 0 aromatic heterocycles. The lowest BCUT2D eigenvalue weighted by Crippen LogP contribution is -2.48. The van der Waals surface area contributed by atoms with Crippen molar-refractivity contribution in [2.45, 2.75) is 83.4 Å². The number of carbonyl (C=O) groups is 1. The van der Waals surface area contributed by atoms with Crippen LogP contribution in [-0.4, -0.2) is 54.3 Å². The van der Waals surface area contributed by atoms with Crippen LogP contribution in [0.5, 0.6) is 11.5 Å². The van der Waals surface area contributed by atoms with Crippen LogP contribution in [0.4, 0.5) is 0 Å². The molecule has 2 heterocycles. The van der Waals surface area contributed by atoms with Gasteiger partial charge in [-0.1, -0.05) is 38.7 Å². The number of hydrogen-bond acceptors (Lipinski definition) is 5. The summed E-state index contributed by atoms with van der Waals surface area (Å²) >= 11 is 0. The average Bonchev–Trinajstić information content (AvgIpc) is 3.16. The van der Waals surface area contributed by atoms with E-state index in [1.165, 1.54) is 25.7 Å². The van der Waals surface area contributed by atoms with Crippen molar-refractivity contribution in [3.8, 4) is 11.5 Å². The van der Waals surface area contributed by atoms with Crippen LogP contribution in [0.2, 0.25) is 0 Å². The minimum atomic E-state index is -0.794. The quantitative estimate of drug-likeness (QED) is 0.535. The maximum Gasteiger partial charge on any atom is 0.220 e. The van der Waals surface area contributed by atoms with E-state index in [0.29, 0.717) is 43.7 Å². The Morgan fingerprint density at radius 1 is 1.20 bits per heavy atom. The summed E-state index contributed by atoms with van der Waals surface area (Å²) in [5, 5.41) is 14.3. The van der Waals surface area contributed by atoms with Gasteiger partial charge in [0, 0.05) is 19.0 Å². The highest BCUT2D eigenvalue weighted by atomic mass is 16.6. The van der Waals surface area contributed by atoms with Gasteiger partial charge in [-0.05, 0) is 50.4 Å². The highest BCUT2D eigenvalue weighted by Crippen LogP contribution is 2.33. The second kappa shape index (κ2) is 11.6. The molecule has 0 saturated carbocycles. The Hall–Kier alpha value is -1.79. The lowest BCUT2D eigenvalue weighted by molar-refractivity contribution is -0.123. The van der Waals surface area contributed by atoms with Crippen LogP contribution in [0.1, 0.15) is 76.9 Å². The topological polar surface area (TPSA) is 71.0 Å². The van der Waals surface area contributed by atoms with E-state index in [1.54, 1.807) is 0 Å². The molecule has 3 atom stereocenters. The summed E-state index contributed by atoms with van der Waals surface area (Å²) in [6.07, 6.45) is 7.64. The smallest absolute Gasteiger partial charge is 0.220 e. The first-order chi connectivity index (χ1) is 14.6. The van der Waals surface area contributed by atoms with Crippen molar-refractivity contribution < 1.29 is 19.4 Å². The summed E-state index contributed by atoms with van der Waals surface area (Å²) in [4.78, 5) is 15.0. The van der Waals surface area contributed by atoms with Gasteiger partial charge in [-0.15, -0.1) is 0 Å². The highest BCUT2D eigenvalue weighted by Gasteiger charge is 2.30. The lowest BCUT2D eigenvalue weighted by atomic mass is 10.00. The van der Waals surface area contributed by atoms with Crippen molar-refractivity contribution in [3.05, 3.63) is 23.8 Å². The second-order valence-electron chi connectivity index (χ2n) is 8.67. The number of nitrogens with zero attached hydrogens (tertiary/aromatic N) is 1. The Bertz CT molecular complexity index is 681. The first kappa shape index (κ1) is 22.9. The van der Waals surface area contributed by atoms with Crippen molar-refractivity contribution in [2.24, 2.45) is 0 Å². The van der Waals surface area contributed by atoms with E-state index < -0.39 is 6.10 Å². The standard InChI is InChI=1S/C24H38N2O4/c1-3-4-5-6-7-10-23(27)25-20(17-26-13-8-9-18(26)2)24(28)19-11-12-21-22(16-19)30-15-14-29-21/h11-12,16,18,20,24,28H,3-10,13-15,17H2,1-2H3,(H,25,27)/t18?,20-,24-/m1/s1. The molecular formula is C24H38N2O4. The lowest BCUT2D eigenvalue weighted by Gasteiger charge is -2.31. The molecule has 30 heavy (non-hydrogen) atoms. The molecule has 2 aliphatic heterocycles. The summed E-state index contributed by atoms with van der Waals surface area (Å²) in [5.74, 6) is 1.39. The van der Waals surface area contributed by atoms with Crippen LogP contribution in [-0.2, 0) is 4.79 Å². The number of rotatable bonds is 11. The molecule has 2 N–H and O–H groups in total. The predicted octanol–water partition coefficient (Wildman–Crippen LogP) is 3.82. The molecule has 0 spiro atoms. The fourth-order valence-electron chi connectivity index (χ4n) is 4.39. The molecule has 0 aliphatic carbocycles. The molecule has 1 aromatic carbocycles. The van der Waals surface area contributed by atoms with Crippen molar-refractivity contribution >= 4 is 5.91 Å². The molecule has 1 aromatic rings. The number of benzene rings is 1. The van der Waals surface area contributed by atoms with Gasteiger partial charge in [0.2, 0.25) is 5.91 Å². The molecule has 1 saturated heterocycles.